The number of hydrogen-bond donors (Lipinski definition) is 0. The summed E-state index contributed by atoms with van der Waals surface area (Å²) in [5, 5.41) is 13.4. The second-order valence-corrected chi connectivity index (χ2v) is 12.2. The van der Waals surface area contributed by atoms with Crippen LogP contribution in [0.3, 0.4) is 0 Å². The summed E-state index contributed by atoms with van der Waals surface area (Å²) in [6.45, 7) is 13.2. The maximum Gasteiger partial charge on any atom is 0.210 e. The van der Waals surface area contributed by atoms with Crippen LogP contribution in [0, 0.1) is 0 Å². The largest absolute Gasteiger partial charge is 0.550 e. The molecule has 0 aliphatic carbocycles. The van der Waals surface area contributed by atoms with Crippen molar-refractivity contribution in [3.8, 4) is 0 Å². The third kappa shape index (κ3) is 5.28. The molecule has 5 rings (SSSR count). The molecule has 3 aromatic carbocycles. The zero-order valence-corrected chi connectivity index (χ0v) is 25.1. The number of carboxylic acids is 1. The SMILES string of the molecule is CCN1/C(=C/C=C/C=C/C2=[N+](CCCCCC(=O)[O-])c3ccc4ccccc4c3C2(C)C)C(C)(C)c2ccccc21. The summed E-state index contributed by atoms with van der Waals surface area (Å²) in [7, 11) is 0. The Morgan fingerprint density at radius 2 is 1.63 bits per heavy atom. The highest BCUT2D eigenvalue weighted by atomic mass is 16.4. The molecule has 0 spiro atoms. The topological polar surface area (TPSA) is 46.4 Å². The molecule has 0 fully saturated rings. The molecule has 4 heteroatoms. The molecule has 3 aromatic rings. The van der Waals surface area contributed by atoms with Gasteiger partial charge in [-0.15, -0.1) is 0 Å². The minimum Gasteiger partial charge on any atom is -0.550 e. The van der Waals surface area contributed by atoms with E-state index in [0.717, 1.165) is 25.9 Å². The molecule has 212 valence electrons. The van der Waals surface area contributed by atoms with Crippen LogP contribution >= 0.6 is 0 Å². The maximum absolute atomic E-state index is 10.9. The molecular weight excluding hydrogens is 504 g/mol. The first-order valence-electron chi connectivity index (χ1n) is 15.0. The zero-order chi connectivity index (χ0) is 29.2. The Morgan fingerprint density at radius 3 is 2.41 bits per heavy atom. The molecule has 41 heavy (non-hydrogen) atoms. The lowest BCUT2D eigenvalue weighted by Crippen LogP contribution is -2.28. The summed E-state index contributed by atoms with van der Waals surface area (Å²) >= 11 is 0. The Labute approximate surface area is 245 Å². The summed E-state index contributed by atoms with van der Waals surface area (Å²) < 4.78 is 2.44. The van der Waals surface area contributed by atoms with Gasteiger partial charge in [0, 0.05) is 53.4 Å². The molecule has 0 unspecified atom stereocenters. The third-order valence-corrected chi connectivity index (χ3v) is 8.86. The molecule has 0 atom stereocenters. The Kier molecular flexibility index (Phi) is 8.04. The number of carbonyl (C=O) groups excluding carboxylic acids is 1. The number of aliphatic carboxylic acids is 1. The molecule has 0 bridgehead atoms. The predicted octanol–water partition coefficient (Wildman–Crippen LogP) is 7.34. The maximum atomic E-state index is 10.9. The summed E-state index contributed by atoms with van der Waals surface area (Å²) in [5.41, 5.74) is 7.67. The Hall–Kier alpha value is -3.92. The number of benzene rings is 3. The molecule has 0 aromatic heterocycles. The van der Waals surface area contributed by atoms with E-state index in [1.807, 2.05) is 0 Å². The highest BCUT2D eigenvalue weighted by molar-refractivity contribution is 6.07. The number of unbranched alkanes of at least 4 members (excludes halogenated alkanes) is 2. The second-order valence-electron chi connectivity index (χ2n) is 12.2. The van der Waals surface area contributed by atoms with Crippen LogP contribution in [0.2, 0.25) is 0 Å². The molecule has 0 saturated heterocycles. The van der Waals surface area contributed by atoms with Gasteiger partial charge in [-0.2, -0.15) is 4.58 Å². The fraction of sp³-hybridized carbons (Fsp3) is 0.351. The molecular formula is C37H42N2O2. The van der Waals surface area contributed by atoms with E-state index in [-0.39, 0.29) is 17.3 Å². The third-order valence-electron chi connectivity index (χ3n) is 8.86. The monoisotopic (exact) mass is 546 g/mol. The average Bonchev–Trinajstić information content (AvgIpc) is 3.31. The minimum absolute atomic E-state index is 0.0426. The van der Waals surface area contributed by atoms with Crippen molar-refractivity contribution in [3.63, 3.8) is 0 Å². The van der Waals surface area contributed by atoms with Crippen molar-refractivity contribution in [1.82, 2.24) is 0 Å². The highest BCUT2D eigenvalue weighted by Gasteiger charge is 2.45. The minimum atomic E-state index is -0.965. The van der Waals surface area contributed by atoms with Crippen LogP contribution in [0.25, 0.3) is 10.8 Å². The molecule has 4 nitrogen and oxygen atoms in total. The predicted molar refractivity (Wildman–Crippen MR) is 169 cm³/mol. The number of allylic oxidation sites excluding steroid dienone is 6. The van der Waals surface area contributed by atoms with Crippen LogP contribution < -0.4 is 10.0 Å². The standard InChI is InChI=1S/C37H42N2O2/c1-6-38-30-20-15-14-19-29(30)36(2,3)32(38)21-9-7-10-22-33-37(4,5)35-28-18-13-12-17-27(28)24-25-31(35)39(33)26-16-8-11-23-34(40)41/h7,9-10,12-15,17-22,24-25H,6,8,11,16,23,26H2,1-5H3. The molecule has 2 aliphatic rings. The first kappa shape index (κ1) is 28.6. The van der Waals surface area contributed by atoms with Crippen LogP contribution in [-0.4, -0.2) is 29.3 Å². The number of carboxylic acid groups (broad SMARTS) is 1. The summed E-state index contributed by atoms with van der Waals surface area (Å²) in [6.07, 6.45) is 13.6. The van der Waals surface area contributed by atoms with Crippen molar-refractivity contribution in [2.75, 3.05) is 18.0 Å². The van der Waals surface area contributed by atoms with E-state index in [0.29, 0.717) is 6.42 Å². The van der Waals surface area contributed by atoms with Gasteiger partial charge in [0.05, 0.1) is 5.41 Å². The lowest BCUT2D eigenvalue weighted by Gasteiger charge is -2.25. The smallest absolute Gasteiger partial charge is 0.210 e. The fourth-order valence-electron chi connectivity index (χ4n) is 6.83. The van der Waals surface area contributed by atoms with E-state index in [2.05, 4.69) is 135 Å². The van der Waals surface area contributed by atoms with Crippen molar-refractivity contribution < 1.29 is 14.5 Å². The molecule has 0 N–H and O–H groups in total. The molecule has 2 aliphatic heterocycles. The van der Waals surface area contributed by atoms with E-state index >= 15 is 0 Å². The van der Waals surface area contributed by atoms with Crippen LogP contribution in [0.1, 0.15) is 71.4 Å². The van der Waals surface area contributed by atoms with Gasteiger partial charge in [-0.25, -0.2) is 0 Å². The van der Waals surface area contributed by atoms with Crippen LogP contribution in [-0.2, 0) is 15.6 Å². The van der Waals surface area contributed by atoms with Crippen molar-refractivity contribution in [3.05, 3.63) is 108 Å². The second kappa shape index (κ2) is 11.5. The van der Waals surface area contributed by atoms with E-state index in [4.69, 9.17) is 0 Å². The van der Waals surface area contributed by atoms with Gasteiger partial charge in [0.25, 0.3) is 0 Å². The van der Waals surface area contributed by atoms with Gasteiger partial charge in [0.15, 0.2) is 5.71 Å². The van der Waals surface area contributed by atoms with Crippen molar-refractivity contribution in [2.45, 2.75) is 71.1 Å². The van der Waals surface area contributed by atoms with Crippen molar-refractivity contribution in [1.29, 1.82) is 0 Å². The number of nitrogens with zero attached hydrogens (tertiary/aromatic N) is 2. The number of likely N-dealkylation sites (N-methyl/N-ethyl adjacent to an activating group) is 1. The zero-order valence-electron chi connectivity index (χ0n) is 25.1. The number of carbonyl (C=O) groups is 1. The van der Waals surface area contributed by atoms with Gasteiger partial charge < -0.3 is 14.8 Å². The molecule has 0 amide bonds. The lowest BCUT2D eigenvalue weighted by molar-refractivity contribution is -0.438. The van der Waals surface area contributed by atoms with E-state index in [9.17, 15) is 9.90 Å². The number of para-hydroxylation sites is 1. The molecule has 2 heterocycles. The average molecular weight is 547 g/mol. The van der Waals surface area contributed by atoms with Crippen LogP contribution in [0.4, 0.5) is 11.4 Å². The molecule has 0 saturated carbocycles. The number of anilines is 1. The summed E-state index contributed by atoms with van der Waals surface area (Å²) in [4.78, 5) is 13.3. The van der Waals surface area contributed by atoms with Gasteiger partial charge in [0.1, 0.15) is 6.54 Å². The van der Waals surface area contributed by atoms with Gasteiger partial charge >= 0.3 is 0 Å². The highest BCUT2D eigenvalue weighted by Crippen LogP contribution is 2.47. The van der Waals surface area contributed by atoms with Crippen molar-refractivity contribution >= 4 is 33.8 Å². The first-order valence-corrected chi connectivity index (χ1v) is 15.0. The summed E-state index contributed by atoms with van der Waals surface area (Å²) in [5.74, 6) is -0.965. The van der Waals surface area contributed by atoms with Crippen LogP contribution in [0.5, 0.6) is 0 Å². The lowest BCUT2D eigenvalue weighted by atomic mass is 9.79. The quantitative estimate of drug-likeness (QED) is 0.152. The van der Waals surface area contributed by atoms with E-state index in [1.165, 1.54) is 44.7 Å². The van der Waals surface area contributed by atoms with Crippen molar-refractivity contribution in [2.24, 2.45) is 0 Å². The van der Waals surface area contributed by atoms with Gasteiger partial charge in [0.2, 0.25) is 5.69 Å². The number of fused-ring (bicyclic) bond motifs is 4. The van der Waals surface area contributed by atoms with Crippen LogP contribution in [0.15, 0.2) is 96.7 Å². The van der Waals surface area contributed by atoms with E-state index < -0.39 is 5.97 Å². The first-order chi connectivity index (χ1) is 19.7. The van der Waals surface area contributed by atoms with Gasteiger partial charge in [-0.05, 0) is 74.6 Å². The van der Waals surface area contributed by atoms with Gasteiger partial charge in [-0.3, -0.25) is 0 Å². The summed E-state index contributed by atoms with van der Waals surface area (Å²) in [6, 6.07) is 21.8. The van der Waals surface area contributed by atoms with Gasteiger partial charge in [-0.1, -0.05) is 74.5 Å². The Morgan fingerprint density at radius 1 is 0.878 bits per heavy atom. The number of rotatable bonds is 10. The number of hydrogen-bond acceptors (Lipinski definition) is 3. The van der Waals surface area contributed by atoms with E-state index in [1.54, 1.807) is 0 Å². The normalized spacial score (nSPS) is 18.3. The Bertz CT molecular complexity index is 1590. The molecule has 0 radical (unpaired) electrons. The Balaban J connectivity index is 1.44. The fourth-order valence-corrected chi connectivity index (χ4v) is 6.83.